The topological polar surface area (TPSA) is 92.4 Å². The molecule has 8 heteroatoms. The molecule has 1 heterocycles. The van der Waals surface area contributed by atoms with E-state index in [9.17, 15) is 14.7 Å². The van der Waals surface area contributed by atoms with Gasteiger partial charge in [0.1, 0.15) is 23.1 Å². The van der Waals surface area contributed by atoms with Crippen LogP contribution in [0.5, 0.6) is 0 Å². The van der Waals surface area contributed by atoms with E-state index in [0.717, 1.165) is 6.42 Å². The van der Waals surface area contributed by atoms with E-state index in [2.05, 4.69) is 10.5 Å². The number of aromatic nitrogens is 1. The van der Waals surface area contributed by atoms with Crippen LogP contribution in [0.15, 0.2) is 22.7 Å². The summed E-state index contributed by atoms with van der Waals surface area (Å²) in [5, 5.41) is 16.3. The number of halogens is 2. The highest BCUT2D eigenvalue weighted by atomic mass is 35.5. The quantitative estimate of drug-likeness (QED) is 0.740. The molecular formula is C17H18Cl2N2O4. The highest BCUT2D eigenvalue weighted by Crippen LogP contribution is 2.36. The molecule has 1 aromatic heterocycles. The molecule has 1 aromatic carbocycles. The van der Waals surface area contributed by atoms with Crippen molar-refractivity contribution in [2.75, 3.05) is 0 Å². The number of nitrogens with one attached hydrogen (secondary N) is 1. The SMILES string of the molecule is CCCCC(NC(=O)c1c(-c2c(Cl)cccc2Cl)noc1C)C(=O)O. The molecule has 2 N–H and O–H groups in total. The van der Waals surface area contributed by atoms with Crippen LogP contribution in [0.3, 0.4) is 0 Å². The number of carbonyl (C=O) groups is 2. The summed E-state index contributed by atoms with van der Waals surface area (Å²) >= 11 is 12.4. The fourth-order valence-electron chi connectivity index (χ4n) is 2.43. The molecule has 25 heavy (non-hydrogen) atoms. The van der Waals surface area contributed by atoms with E-state index < -0.39 is 17.9 Å². The first kappa shape index (κ1) is 19.3. The highest BCUT2D eigenvalue weighted by Gasteiger charge is 2.28. The summed E-state index contributed by atoms with van der Waals surface area (Å²) in [5.74, 6) is -1.43. The Balaban J connectivity index is 2.38. The lowest BCUT2D eigenvalue weighted by molar-refractivity contribution is -0.139. The zero-order valence-corrected chi connectivity index (χ0v) is 15.3. The number of benzene rings is 1. The molecule has 0 saturated heterocycles. The number of hydrogen-bond acceptors (Lipinski definition) is 4. The van der Waals surface area contributed by atoms with Gasteiger partial charge in [-0.25, -0.2) is 4.79 Å². The summed E-state index contributed by atoms with van der Waals surface area (Å²) in [5.41, 5.74) is 0.677. The molecule has 134 valence electrons. The first-order valence-electron chi connectivity index (χ1n) is 7.81. The smallest absolute Gasteiger partial charge is 0.326 e. The summed E-state index contributed by atoms with van der Waals surface area (Å²) in [4.78, 5) is 24.0. The second kappa shape index (κ2) is 8.36. The lowest BCUT2D eigenvalue weighted by Crippen LogP contribution is -2.41. The van der Waals surface area contributed by atoms with Gasteiger partial charge in [0.05, 0.1) is 10.0 Å². The standard InChI is InChI=1S/C17H18Cl2N2O4/c1-3-4-8-12(17(23)24)20-16(22)13-9(2)25-21-15(13)14-10(18)6-5-7-11(14)19/h5-7,12H,3-4,8H2,1-2H3,(H,20,22)(H,23,24). The number of carbonyl (C=O) groups excluding carboxylic acids is 1. The van der Waals surface area contributed by atoms with Crippen molar-refractivity contribution in [2.24, 2.45) is 0 Å². The maximum atomic E-state index is 12.7. The molecule has 0 spiro atoms. The molecule has 1 amide bonds. The van der Waals surface area contributed by atoms with Crippen LogP contribution in [0.4, 0.5) is 0 Å². The Kier molecular flexibility index (Phi) is 6.45. The minimum absolute atomic E-state index is 0.123. The number of carboxylic acid groups (broad SMARTS) is 1. The van der Waals surface area contributed by atoms with Gasteiger partial charge in [0.25, 0.3) is 5.91 Å². The zero-order chi connectivity index (χ0) is 18.6. The highest BCUT2D eigenvalue weighted by molar-refractivity contribution is 6.39. The fourth-order valence-corrected chi connectivity index (χ4v) is 3.01. The molecule has 0 fully saturated rings. The van der Waals surface area contributed by atoms with Crippen molar-refractivity contribution in [3.05, 3.63) is 39.6 Å². The van der Waals surface area contributed by atoms with Gasteiger partial charge in [0.2, 0.25) is 0 Å². The van der Waals surface area contributed by atoms with E-state index in [1.807, 2.05) is 6.92 Å². The van der Waals surface area contributed by atoms with Crippen LogP contribution in [0.2, 0.25) is 10.0 Å². The molecule has 2 aromatic rings. The number of unbranched alkanes of at least 4 members (excludes halogenated alkanes) is 1. The van der Waals surface area contributed by atoms with Crippen molar-refractivity contribution in [3.8, 4) is 11.3 Å². The summed E-state index contributed by atoms with van der Waals surface area (Å²) in [6, 6.07) is 3.92. The maximum Gasteiger partial charge on any atom is 0.326 e. The van der Waals surface area contributed by atoms with Crippen LogP contribution in [0.25, 0.3) is 11.3 Å². The number of nitrogens with zero attached hydrogens (tertiary/aromatic N) is 1. The van der Waals surface area contributed by atoms with Gasteiger partial charge in [0, 0.05) is 5.56 Å². The Bertz CT molecular complexity index is 769. The van der Waals surface area contributed by atoms with Crippen molar-refractivity contribution < 1.29 is 19.2 Å². The van der Waals surface area contributed by atoms with Crippen molar-refractivity contribution in [3.63, 3.8) is 0 Å². The van der Waals surface area contributed by atoms with E-state index in [-0.39, 0.29) is 17.0 Å². The van der Waals surface area contributed by atoms with E-state index in [0.29, 0.717) is 28.5 Å². The minimum Gasteiger partial charge on any atom is -0.480 e. The van der Waals surface area contributed by atoms with Crippen molar-refractivity contribution in [2.45, 2.75) is 39.2 Å². The van der Waals surface area contributed by atoms with E-state index >= 15 is 0 Å². The second-order valence-corrected chi connectivity index (χ2v) is 6.38. The third-order valence-corrected chi connectivity index (χ3v) is 4.37. The van der Waals surface area contributed by atoms with Crippen LogP contribution < -0.4 is 5.32 Å². The lowest BCUT2D eigenvalue weighted by atomic mass is 10.0. The van der Waals surface area contributed by atoms with Crippen LogP contribution in [0.1, 0.15) is 42.3 Å². The molecule has 0 bridgehead atoms. The molecule has 1 unspecified atom stereocenters. The van der Waals surface area contributed by atoms with Gasteiger partial charge in [-0.3, -0.25) is 4.79 Å². The predicted octanol–water partition coefficient (Wildman–Crippen LogP) is 4.33. The van der Waals surface area contributed by atoms with Gasteiger partial charge in [0.15, 0.2) is 0 Å². The molecule has 0 radical (unpaired) electrons. The summed E-state index contributed by atoms with van der Waals surface area (Å²) in [6.45, 7) is 3.51. The van der Waals surface area contributed by atoms with Gasteiger partial charge in [-0.1, -0.05) is 54.2 Å². The Morgan fingerprint density at radius 2 is 1.96 bits per heavy atom. The van der Waals surface area contributed by atoms with Gasteiger partial charge in [-0.05, 0) is 25.5 Å². The average molecular weight is 385 g/mol. The molecule has 0 aliphatic heterocycles. The maximum absolute atomic E-state index is 12.7. The predicted molar refractivity (Wildman–Crippen MR) is 95.1 cm³/mol. The van der Waals surface area contributed by atoms with Gasteiger partial charge in [-0.15, -0.1) is 0 Å². The van der Waals surface area contributed by atoms with Gasteiger partial charge >= 0.3 is 5.97 Å². The van der Waals surface area contributed by atoms with E-state index in [1.165, 1.54) is 0 Å². The molecule has 0 aliphatic rings. The number of rotatable bonds is 7. The van der Waals surface area contributed by atoms with E-state index in [4.69, 9.17) is 27.7 Å². The zero-order valence-electron chi connectivity index (χ0n) is 13.8. The van der Waals surface area contributed by atoms with Gasteiger partial charge in [-0.2, -0.15) is 0 Å². The third-order valence-electron chi connectivity index (χ3n) is 3.74. The summed E-state index contributed by atoms with van der Waals surface area (Å²) in [7, 11) is 0. The van der Waals surface area contributed by atoms with Crippen LogP contribution >= 0.6 is 23.2 Å². The average Bonchev–Trinajstić information content (AvgIpc) is 2.92. The molecule has 0 aliphatic carbocycles. The number of aryl methyl sites for hydroxylation is 1. The second-order valence-electron chi connectivity index (χ2n) is 5.57. The summed E-state index contributed by atoms with van der Waals surface area (Å²) < 4.78 is 5.13. The first-order valence-corrected chi connectivity index (χ1v) is 8.56. The Morgan fingerprint density at radius 3 is 2.52 bits per heavy atom. The van der Waals surface area contributed by atoms with Crippen molar-refractivity contribution in [1.82, 2.24) is 10.5 Å². The fraction of sp³-hybridized carbons (Fsp3) is 0.353. The van der Waals surface area contributed by atoms with Crippen LogP contribution in [0, 0.1) is 6.92 Å². The molecule has 2 rings (SSSR count). The number of carboxylic acids is 1. The van der Waals surface area contributed by atoms with Gasteiger partial charge < -0.3 is 14.9 Å². The Labute approximate surface area is 155 Å². The van der Waals surface area contributed by atoms with Crippen molar-refractivity contribution in [1.29, 1.82) is 0 Å². The molecule has 6 nitrogen and oxygen atoms in total. The molecular weight excluding hydrogens is 367 g/mol. The van der Waals surface area contributed by atoms with Crippen molar-refractivity contribution >= 4 is 35.1 Å². The number of aliphatic carboxylic acids is 1. The number of hydrogen-bond donors (Lipinski definition) is 2. The Morgan fingerprint density at radius 1 is 1.32 bits per heavy atom. The molecule has 0 saturated carbocycles. The summed E-state index contributed by atoms with van der Waals surface area (Å²) in [6.07, 6.45) is 1.85. The monoisotopic (exact) mass is 384 g/mol. The number of amides is 1. The Hall–Kier alpha value is -2.05. The normalized spacial score (nSPS) is 12.0. The lowest BCUT2D eigenvalue weighted by Gasteiger charge is -2.14. The molecule has 1 atom stereocenters. The largest absolute Gasteiger partial charge is 0.480 e. The third kappa shape index (κ3) is 4.32. The minimum atomic E-state index is -1.09. The van der Waals surface area contributed by atoms with E-state index in [1.54, 1.807) is 25.1 Å². The van der Waals surface area contributed by atoms with Crippen LogP contribution in [-0.4, -0.2) is 28.2 Å². The first-order chi connectivity index (χ1) is 11.9. The van der Waals surface area contributed by atoms with Crippen LogP contribution in [-0.2, 0) is 4.79 Å².